The van der Waals surface area contributed by atoms with Crippen molar-refractivity contribution in [1.29, 1.82) is 0 Å². The Kier molecular flexibility index (Phi) is 4.69. The summed E-state index contributed by atoms with van der Waals surface area (Å²) in [6.45, 7) is 0.908. The van der Waals surface area contributed by atoms with Gasteiger partial charge in [-0.2, -0.15) is 0 Å². The monoisotopic (exact) mass is 344 g/mol. The first kappa shape index (κ1) is 16.4. The predicted molar refractivity (Wildman–Crippen MR) is 101 cm³/mol. The topological polar surface area (TPSA) is 35.5 Å². The number of carbonyl (C=O) groups excluding carboxylic acids is 1. The van der Waals surface area contributed by atoms with Crippen LogP contribution in [0.1, 0.15) is 33.5 Å². The summed E-state index contributed by atoms with van der Waals surface area (Å²) in [5.74, 6) is 1.50. The molecular weight excluding hydrogens is 324 g/mol. The zero-order valence-corrected chi connectivity index (χ0v) is 14.5. The second-order valence-electron chi connectivity index (χ2n) is 6.43. The van der Waals surface area contributed by atoms with E-state index < -0.39 is 0 Å². The van der Waals surface area contributed by atoms with Crippen molar-refractivity contribution >= 4 is 5.78 Å². The zero-order chi connectivity index (χ0) is 17.8. The van der Waals surface area contributed by atoms with E-state index in [2.05, 4.69) is 0 Å². The number of ether oxygens (including phenoxy) is 2. The minimum atomic E-state index is 0.180. The Morgan fingerprint density at radius 1 is 0.692 bits per heavy atom. The van der Waals surface area contributed by atoms with E-state index in [1.165, 1.54) is 0 Å². The average molecular weight is 344 g/mol. The predicted octanol–water partition coefficient (Wildman–Crippen LogP) is 4.97. The molecule has 0 amide bonds. The first-order valence-electron chi connectivity index (χ1n) is 8.83. The Morgan fingerprint density at radius 3 is 1.81 bits per heavy atom. The first-order valence-corrected chi connectivity index (χ1v) is 8.83. The molecule has 1 aliphatic carbocycles. The van der Waals surface area contributed by atoms with Gasteiger partial charge in [-0.05, 0) is 35.2 Å². The fraction of sp³-hybridized carbons (Fsp3) is 0.174. The molecule has 4 rings (SSSR count). The summed E-state index contributed by atoms with van der Waals surface area (Å²) in [7, 11) is 0. The van der Waals surface area contributed by atoms with E-state index in [1.54, 1.807) is 0 Å². The van der Waals surface area contributed by atoms with Gasteiger partial charge >= 0.3 is 0 Å². The zero-order valence-electron chi connectivity index (χ0n) is 14.5. The summed E-state index contributed by atoms with van der Waals surface area (Å²) >= 11 is 0. The van der Waals surface area contributed by atoms with Crippen LogP contribution < -0.4 is 9.47 Å². The largest absolute Gasteiger partial charge is 0.485 e. The molecule has 0 unspecified atom stereocenters. The number of Topliss-reactive ketones (excluding diaryl/α,β-unsaturated/α-hetero) is 1. The molecule has 0 atom stereocenters. The molecule has 0 saturated heterocycles. The van der Waals surface area contributed by atoms with E-state index in [1.807, 2.05) is 72.8 Å². The summed E-state index contributed by atoms with van der Waals surface area (Å²) in [5, 5.41) is 0. The van der Waals surface area contributed by atoms with Gasteiger partial charge in [-0.15, -0.1) is 0 Å². The van der Waals surface area contributed by atoms with Gasteiger partial charge in [0.25, 0.3) is 0 Å². The standard InChI is InChI=1S/C23H20O3/c24-21-12-11-19-13-22(25-15-17-7-3-1-4-8-17)23(14-20(19)21)26-16-18-9-5-2-6-10-18/h1-10,13-14H,11-12,15-16H2. The van der Waals surface area contributed by atoms with Crippen molar-refractivity contribution in [2.45, 2.75) is 26.1 Å². The van der Waals surface area contributed by atoms with Crippen LogP contribution in [-0.2, 0) is 19.6 Å². The van der Waals surface area contributed by atoms with Gasteiger partial charge in [-0.3, -0.25) is 4.79 Å². The summed E-state index contributed by atoms with van der Waals surface area (Å²) < 4.78 is 12.0. The fourth-order valence-electron chi connectivity index (χ4n) is 3.15. The average Bonchev–Trinajstić information content (AvgIpc) is 3.06. The maximum Gasteiger partial charge on any atom is 0.163 e. The molecule has 0 saturated carbocycles. The highest BCUT2D eigenvalue weighted by atomic mass is 16.5. The number of carbonyl (C=O) groups is 1. The first-order chi connectivity index (χ1) is 12.8. The normalized spacial score (nSPS) is 12.7. The van der Waals surface area contributed by atoms with Crippen LogP contribution in [0.5, 0.6) is 11.5 Å². The highest BCUT2D eigenvalue weighted by Gasteiger charge is 2.23. The number of rotatable bonds is 6. The van der Waals surface area contributed by atoms with Crippen molar-refractivity contribution in [1.82, 2.24) is 0 Å². The van der Waals surface area contributed by atoms with Crippen molar-refractivity contribution < 1.29 is 14.3 Å². The number of ketones is 1. The highest BCUT2D eigenvalue weighted by Crippen LogP contribution is 2.36. The van der Waals surface area contributed by atoms with E-state index in [9.17, 15) is 4.79 Å². The van der Waals surface area contributed by atoms with Crippen LogP contribution in [0.25, 0.3) is 0 Å². The Balaban J connectivity index is 1.57. The van der Waals surface area contributed by atoms with Crippen molar-refractivity contribution in [3.8, 4) is 11.5 Å². The molecule has 3 aromatic carbocycles. The molecule has 26 heavy (non-hydrogen) atoms. The van der Waals surface area contributed by atoms with Gasteiger partial charge in [0.1, 0.15) is 13.2 Å². The maximum atomic E-state index is 12.1. The van der Waals surface area contributed by atoms with E-state index in [-0.39, 0.29) is 5.78 Å². The molecule has 0 N–H and O–H groups in total. The molecule has 0 radical (unpaired) electrons. The van der Waals surface area contributed by atoms with Gasteiger partial charge in [-0.1, -0.05) is 60.7 Å². The third kappa shape index (κ3) is 3.62. The molecular formula is C23H20O3. The molecule has 1 aliphatic rings. The molecule has 3 nitrogen and oxygen atoms in total. The summed E-state index contributed by atoms with van der Waals surface area (Å²) in [5.41, 5.74) is 3.98. The molecule has 0 fully saturated rings. The van der Waals surface area contributed by atoms with Crippen LogP contribution in [0.2, 0.25) is 0 Å². The molecule has 0 spiro atoms. The van der Waals surface area contributed by atoms with Gasteiger partial charge in [-0.25, -0.2) is 0 Å². The molecule has 0 aliphatic heterocycles. The third-order valence-electron chi connectivity index (χ3n) is 4.57. The van der Waals surface area contributed by atoms with E-state index in [4.69, 9.17) is 9.47 Å². The second kappa shape index (κ2) is 7.44. The second-order valence-corrected chi connectivity index (χ2v) is 6.43. The van der Waals surface area contributed by atoms with Crippen LogP contribution >= 0.6 is 0 Å². The van der Waals surface area contributed by atoms with Crippen LogP contribution in [-0.4, -0.2) is 5.78 Å². The summed E-state index contributed by atoms with van der Waals surface area (Å²) in [4.78, 5) is 12.1. The van der Waals surface area contributed by atoms with Gasteiger partial charge in [0.05, 0.1) is 0 Å². The SMILES string of the molecule is O=C1CCc2cc(OCc3ccccc3)c(OCc3ccccc3)cc21. The number of hydrogen-bond donors (Lipinski definition) is 0. The molecule has 0 aromatic heterocycles. The highest BCUT2D eigenvalue weighted by molar-refractivity contribution is 6.01. The lowest BCUT2D eigenvalue weighted by Gasteiger charge is -2.15. The molecule has 0 bridgehead atoms. The Hall–Kier alpha value is -3.07. The number of benzene rings is 3. The van der Waals surface area contributed by atoms with Crippen molar-refractivity contribution in [2.24, 2.45) is 0 Å². The van der Waals surface area contributed by atoms with Crippen LogP contribution in [0.3, 0.4) is 0 Å². The molecule has 3 heteroatoms. The van der Waals surface area contributed by atoms with E-state index in [0.717, 1.165) is 28.7 Å². The van der Waals surface area contributed by atoms with Gasteiger partial charge in [0.15, 0.2) is 17.3 Å². The lowest BCUT2D eigenvalue weighted by molar-refractivity contribution is 0.0994. The van der Waals surface area contributed by atoms with Crippen molar-refractivity contribution in [2.75, 3.05) is 0 Å². The summed E-state index contributed by atoms with van der Waals surface area (Å²) in [6.07, 6.45) is 1.34. The van der Waals surface area contributed by atoms with E-state index in [0.29, 0.717) is 31.1 Å². The van der Waals surface area contributed by atoms with Gasteiger partial charge < -0.3 is 9.47 Å². The molecule has 0 heterocycles. The fourth-order valence-corrected chi connectivity index (χ4v) is 3.15. The van der Waals surface area contributed by atoms with E-state index >= 15 is 0 Å². The Morgan fingerprint density at radius 2 is 1.23 bits per heavy atom. The van der Waals surface area contributed by atoms with Crippen LogP contribution in [0.15, 0.2) is 72.8 Å². The smallest absolute Gasteiger partial charge is 0.163 e. The number of hydrogen-bond acceptors (Lipinski definition) is 3. The Labute approximate surface area is 153 Å². The van der Waals surface area contributed by atoms with Crippen LogP contribution in [0.4, 0.5) is 0 Å². The minimum absolute atomic E-state index is 0.180. The van der Waals surface area contributed by atoms with Crippen molar-refractivity contribution in [3.63, 3.8) is 0 Å². The lowest BCUT2D eigenvalue weighted by Crippen LogP contribution is -2.02. The number of aryl methyl sites for hydroxylation is 1. The molecule has 3 aromatic rings. The van der Waals surface area contributed by atoms with Crippen molar-refractivity contribution in [3.05, 3.63) is 95.1 Å². The molecule has 130 valence electrons. The van der Waals surface area contributed by atoms with Gasteiger partial charge in [0.2, 0.25) is 0 Å². The lowest BCUT2D eigenvalue weighted by atomic mass is 10.1. The summed E-state index contributed by atoms with van der Waals surface area (Å²) in [6, 6.07) is 23.8. The number of fused-ring (bicyclic) bond motifs is 1. The minimum Gasteiger partial charge on any atom is -0.485 e. The Bertz CT molecular complexity index is 901. The maximum absolute atomic E-state index is 12.1. The quantitative estimate of drug-likeness (QED) is 0.633. The van der Waals surface area contributed by atoms with Gasteiger partial charge in [0, 0.05) is 12.0 Å². The third-order valence-corrected chi connectivity index (χ3v) is 4.57. The van der Waals surface area contributed by atoms with Crippen LogP contribution in [0, 0.1) is 0 Å².